The fourth-order valence-corrected chi connectivity index (χ4v) is 2.84. The van der Waals surface area contributed by atoms with Crippen LogP contribution in [-0.2, 0) is 0 Å². The van der Waals surface area contributed by atoms with Crippen molar-refractivity contribution in [2.24, 2.45) is 0 Å². The quantitative estimate of drug-likeness (QED) is 0.417. The number of hydrogen-bond acceptors (Lipinski definition) is 6. The fourth-order valence-electron chi connectivity index (χ4n) is 2.17. The lowest BCUT2D eigenvalue weighted by molar-refractivity contribution is 0.343. The SMILES string of the molecule is Cc1cc(C)n(-c2nnc(SCCOc3ccc(F)cc3)n2N)n1. The molecule has 9 heteroatoms. The number of hydrogen-bond donors (Lipinski definition) is 1. The van der Waals surface area contributed by atoms with E-state index in [2.05, 4.69) is 15.3 Å². The molecule has 126 valence electrons. The number of halogens is 1. The minimum Gasteiger partial charge on any atom is -0.493 e. The topological polar surface area (TPSA) is 83.8 Å². The number of benzene rings is 1. The number of rotatable bonds is 6. The van der Waals surface area contributed by atoms with Gasteiger partial charge in [-0.1, -0.05) is 11.8 Å². The van der Waals surface area contributed by atoms with Crippen molar-refractivity contribution in [2.75, 3.05) is 18.2 Å². The Morgan fingerprint density at radius 2 is 1.96 bits per heavy atom. The predicted molar refractivity (Wildman–Crippen MR) is 89.4 cm³/mol. The summed E-state index contributed by atoms with van der Waals surface area (Å²) in [5.41, 5.74) is 1.82. The second-order valence-electron chi connectivity index (χ2n) is 5.14. The smallest absolute Gasteiger partial charge is 0.271 e. The first kappa shape index (κ1) is 16.3. The highest BCUT2D eigenvalue weighted by atomic mass is 32.2. The summed E-state index contributed by atoms with van der Waals surface area (Å²) in [5.74, 6) is 7.47. The van der Waals surface area contributed by atoms with Crippen molar-refractivity contribution in [1.29, 1.82) is 0 Å². The van der Waals surface area contributed by atoms with Crippen molar-refractivity contribution in [2.45, 2.75) is 19.0 Å². The standard InChI is InChI=1S/C15H17FN6OS/c1-10-9-11(2)22(20-10)14-18-19-15(21(14)17)24-8-7-23-13-5-3-12(16)4-6-13/h3-6,9H,7-8,17H2,1-2H3. The highest BCUT2D eigenvalue weighted by Gasteiger charge is 2.14. The third-order valence-electron chi connectivity index (χ3n) is 3.24. The van der Waals surface area contributed by atoms with Gasteiger partial charge in [0.2, 0.25) is 5.16 Å². The van der Waals surface area contributed by atoms with Crippen molar-refractivity contribution in [3.8, 4) is 11.7 Å². The van der Waals surface area contributed by atoms with Gasteiger partial charge in [0.25, 0.3) is 5.95 Å². The first-order chi connectivity index (χ1) is 11.5. The van der Waals surface area contributed by atoms with E-state index in [-0.39, 0.29) is 5.82 Å². The molecule has 0 amide bonds. The van der Waals surface area contributed by atoms with E-state index >= 15 is 0 Å². The predicted octanol–water partition coefficient (Wildman–Crippen LogP) is 2.10. The van der Waals surface area contributed by atoms with Gasteiger partial charge in [-0.3, -0.25) is 0 Å². The summed E-state index contributed by atoms with van der Waals surface area (Å²) in [6.07, 6.45) is 0. The highest BCUT2D eigenvalue weighted by Crippen LogP contribution is 2.18. The molecular formula is C15H17FN6OS. The van der Waals surface area contributed by atoms with Gasteiger partial charge in [0.1, 0.15) is 11.6 Å². The summed E-state index contributed by atoms with van der Waals surface area (Å²) < 4.78 is 21.4. The maximum absolute atomic E-state index is 12.8. The first-order valence-electron chi connectivity index (χ1n) is 7.30. The number of nitrogens with zero attached hydrogens (tertiary/aromatic N) is 5. The number of nitrogen functional groups attached to an aromatic ring is 1. The molecule has 7 nitrogen and oxygen atoms in total. The third-order valence-corrected chi connectivity index (χ3v) is 4.15. The van der Waals surface area contributed by atoms with Crippen LogP contribution < -0.4 is 10.6 Å². The van der Waals surface area contributed by atoms with E-state index in [1.807, 2.05) is 19.9 Å². The number of nitrogens with two attached hydrogens (primary N) is 1. The normalized spacial score (nSPS) is 11.0. The van der Waals surface area contributed by atoms with Gasteiger partial charge in [-0.2, -0.15) is 5.10 Å². The van der Waals surface area contributed by atoms with Crippen molar-refractivity contribution in [3.05, 3.63) is 47.5 Å². The summed E-state index contributed by atoms with van der Waals surface area (Å²) in [4.78, 5) is 0. The van der Waals surface area contributed by atoms with Gasteiger partial charge in [-0.25, -0.2) is 13.7 Å². The van der Waals surface area contributed by atoms with Crippen LogP contribution in [0.25, 0.3) is 5.95 Å². The van der Waals surface area contributed by atoms with Gasteiger partial charge < -0.3 is 10.6 Å². The first-order valence-corrected chi connectivity index (χ1v) is 8.28. The lowest BCUT2D eigenvalue weighted by Crippen LogP contribution is -2.17. The van der Waals surface area contributed by atoms with E-state index in [1.165, 1.54) is 28.6 Å². The molecule has 0 fully saturated rings. The van der Waals surface area contributed by atoms with Crippen molar-refractivity contribution >= 4 is 11.8 Å². The zero-order valence-electron chi connectivity index (χ0n) is 13.3. The summed E-state index contributed by atoms with van der Waals surface area (Å²) in [7, 11) is 0. The largest absolute Gasteiger partial charge is 0.493 e. The molecule has 3 aromatic rings. The Morgan fingerprint density at radius 3 is 2.62 bits per heavy atom. The Hall–Kier alpha value is -2.55. The monoisotopic (exact) mass is 348 g/mol. The van der Waals surface area contributed by atoms with Crippen LogP contribution in [0.4, 0.5) is 4.39 Å². The van der Waals surface area contributed by atoms with Gasteiger partial charge in [0.05, 0.1) is 12.3 Å². The second-order valence-corrected chi connectivity index (χ2v) is 6.20. The molecular weight excluding hydrogens is 331 g/mol. The molecule has 0 radical (unpaired) electrons. The number of ether oxygens (including phenoxy) is 1. The van der Waals surface area contributed by atoms with Crippen LogP contribution in [0.5, 0.6) is 5.75 Å². The molecule has 0 spiro atoms. The van der Waals surface area contributed by atoms with Gasteiger partial charge in [0.15, 0.2) is 0 Å². The van der Waals surface area contributed by atoms with Gasteiger partial charge >= 0.3 is 0 Å². The Kier molecular flexibility index (Phi) is 4.70. The highest BCUT2D eigenvalue weighted by molar-refractivity contribution is 7.99. The van der Waals surface area contributed by atoms with Crippen LogP contribution in [0.2, 0.25) is 0 Å². The second kappa shape index (κ2) is 6.91. The van der Waals surface area contributed by atoms with Crippen LogP contribution in [0.15, 0.2) is 35.5 Å². The number of aromatic nitrogens is 5. The van der Waals surface area contributed by atoms with Crippen molar-refractivity contribution in [3.63, 3.8) is 0 Å². The van der Waals surface area contributed by atoms with E-state index in [4.69, 9.17) is 10.6 Å². The van der Waals surface area contributed by atoms with Crippen molar-refractivity contribution < 1.29 is 9.13 Å². The molecule has 0 aliphatic rings. The van der Waals surface area contributed by atoms with Crippen LogP contribution >= 0.6 is 11.8 Å². The van der Waals surface area contributed by atoms with Gasteiger partial charge in [-0.15, -0.1) is 10.2 Å². The minimum absolute atomic E-state index is 0.287. The lowest BCUT2D eigenvalue weighted by Gasteiger charge is -2.06. The Morgan fingerprint density at radius 1 is 1.21 bits per heavy atom. The van der Waals surface area contributed by atoms with E-state index in [0.29, 0.717) is 29.2 Å². The molecule has 1 aromatic carbocycles. The van der Waals surface area contributed by atoms with Crippen LogP contribution in [0.1, 0.15) is 11.4 Å². The van der Waals surface area contributed by atoms with E-state index < -0.39 is 0 Å². The Labute approximate surface area is 142 Å². The van der Waals surface area contributed by atoms with Crippen LogP contribution in [-0.4, -0.2) is 37.0 Å². The number of aryl methyl sites for hydroxylation is 2. The van der Waals surface area contributed by atoms with Crippen molar-refractivity contribution in [1.82, 2.24) is 24.7 Å². The van der Waals surface area contributed by atoms with E-state index in [1.54, 1.807) is 16.8 Å². The molecule has 0 saturated heterocycles. The summed E-state index contributed by atoms with van der Waals surface area (Å²) in [6.45, 7) is 4.28. The molecule has 2 heterocycles. The molecule has 0 saturated carbocycles. The van der Waals surface area contributed by atoms with Crippen LogP contribution in [0, 0.1) is 19.7 Å². The summed E-state index contributed by atoms with van der Waals surface area (Å²) in [6, 6.07) is 7.84. The maximum atomic E-state index is 12.8. The number of thioether (sulfide) groups is 1. The van der Waals surface area contributed by atoms with E-state index in [0.717, 1.165) is 11.4 Å². The zero-order chi connectivity index (χ0) is 17.1. The average molecular weight is 348 g/mol. The average Bonchev–Trinajstić information content (AvgIpc) is 3.07. The molecule has 0 atom stereocenters. The van der Waals surface area contributed by atoms with Crippen LogP contribution in [0.3, 0.4) is 0 Å². The maximum Gasteiger partial charge on any atom is 0.271 e. The molecule has 0 aliphatic heterocycles. The molecule has 24 heavy (non-hydrogen) atoms. The fraction of sp³-hybridized carbons (Fsp3) is 0.267. The summed E-state index contributed by atoms with van der Waals surface area (Å²) >= 11 is 1.42. The minimum atomic E-state index is -0.287. The Bertz CT molecular complexity index is 829. The third kappa shape index (κ3) is 3.51. The lowest BCUT2D eigenvalue weighted by atomic mass is 10.3. The molecule has 0 unspecified atom stereocenters. The molecule has 0 bridgehead atoms. The van der Waals surface area contributed by atoms with Gasteiger partial charge in [-0.05, 0) is 44.2 Å². The molecule has 3 rings (SSSR count). The molecule has 0 aliphatic carbocycles. The summed E-state index contributed by atoms with van der Waals surface area (Å²) in [5, 5.41) is 13.1. The van der Waals surface area contributed by atoms with E-state index in [9.17, 15) is 4.39 Å². The Balaban J connectivity index is 1.58. The molecule has 2 N–H and O–H groups in total. The van der Waals surface area contributed by atoms with Gasteiger partial charge in [0, 0.05) is 11.4 Å². The zero-order valence-corrected chi connectivity index (χ0v) is 14.1. The molecule has 2 aromatic heterocycles.